The first-order chi connectivity index (χ1) is 9.51. The van der Waals surface area contributed by atoms with Crippen molar-refractivity contribution in [3.05, 3.63) is 33.4 Å². The second kappa shape index (κ2) is 6.76. The van der Waals surface area contributed by atoms with Gasteiger partial charge in [-0.3, -0.25) is 4.79 Å². The van der Waals surface area contributed by atoms with Crippen molar-refractivity contribution in [2.24, 2.45) is 5.92 Å². The van der Waals surface area contributed by atoms with Crippen molar-refractivity contribution in [3.8, 4) is 0 Å². The van der Waals surface area contributed by atoms with Gasteiger partial charge in [0.15, 0.2) is 0 Å². The molecule has 1 unspecified atom stereocenters. The average Bonchev–Trinajstić information content (AvgIpc) is 2.79. The molecule has 1 heterocycles. The van der Waals surface area contributed by atoms with E-state index in [-0.39, 0.29) is 11.8 Å². The van der Waals surface area contributed by atoms with E-state index in [1.54, 1.807) is 0 Å². The molecule has 0 aromatic heterocycles. The highest BCUT2D eigenvalue weighted by atomic mass is 127. The van der Waals surface area contributed by atoms with E-state index in [2.05, 4.69) is 22.6 Å². The Morgan fingerprint density at radius 2 is 2.10 bits per heavy atom. The molecule has 0 saturated carbocycles. The Bertz CT molecular complexity index is 506. The van der Waals surface area contributed by atoms with Crippen LogP contribution in [0.2, 0.25) is 0 Å². The molecular formula is C14H15ClINO3. The highest BCUT2D eigenvalue weighted by Gasteiger charge is 2.37. The van der Waals surface area contributed by atoms with Crippen molar-refractivity contribution in [1.82, 2.24) is 4.90 Å². The lowest BCUT2D eigenvalue weighted by atomic mass is 10.0. The van der Waals surface area contributed by atoms with Crippen LogP contribution in [0.3, 0.4) is 0 Å². The van der Waals surface area contributed by atoms with Gasteiger partial charge < -0.3 is 10.0 Å². The minimum atomic E-state index is -0.966. The predicted molar refractivity (Wildman–Crippen MR) is 84.8 cm³/mol. The maximum Gasteiger partial charge on any atom is 0.326 e. The lowest BCUT2D eigenvalue weighted by Crippen LogP contribution is -2.43. The van der Waals surface area contributed by atoms with Crippen molar-refractivity contribution < 1.29 is 14.7 Å². The molecule has 4 nitrogen and oxygen atoms in total. The van der Waals surface area contributed by atoms with Gasteiger partial charge in [0, 0.05) is 28.8 Å². The van der Waals surface area contributed by atoms with Gasteiger partial charge in [0.05, 0.1) is 0 Å². The van der Waals surface area contributed by atoms with Crippen LogP contribution in [0.15, 0.2) is 24.3 Å². The fourth-order valence-corrected chi connectivity index (χ4v) is 2.95. The summed E-state index contributed by atoms with van der Waals surface area (Å²) in [6.45, 7) is 0.434. The van der Waals surface area contributed by atoms with Crippen molar-refractivity contribution in [3.63, 3.8) is 0 Å². The van der Waals surface area contributed by atoms with Crippen LogP contribution in [0.4, 0.5) is 0 Å². The molecule has 1 fully saturated rings. The molecule has 2 rings (SSSR count). The highest BCUT2D eigenvalue weighted by molar-refractivity contribution is 14.1. The molecule has 0 radical (unpaired) electrons. The van der Waals surface area contributed by atoms with E-state index in [0.29, 0.717) is 25.3 Å². The van der Waals surface area contributed by atoms with Gasteiger partial charge in [-0.1, -0.05) is 12.1 Å². The van der Waals surface area contributed by atoms with Crippen LogP contribution >= 0.6 is 34.2 Å². The number of alkyl halides is 1. The molecule has 1 saturated heterocycles. The topological polar surface area (TPSA) is 57.6 Å². The lowest BCUT2D eigenvalue weighted by Gasteiger charge is -2.24. The number of amides is 1. The molecule has 1 amide bonds. The van der Waals surface area contributed by atoms with Crippen LogP contribution in [0, 0.1) is 9.49 Å². The third-order valence-electron chi connectivity index (χ3n) is 3.46. The summed E-state index contributed by atoms with van der Waals surface area (Å²) in [5.74, 6) is -0.638. The number of carboxylic acids is 1. The fraction of sp³-hybridized carbons (Fsp3) is 0.429. The molecule has 6 heteroatoms. The Morgan fingerprint density at radius 1 is 1.45 bits per heavy atom. The molecule has 0 aliphatic carbocycles. The molecular weight excluding hydrogens is 393 g/mol. The van der Waals surface area contributed by atoms with Gasteiger partial charge in [-0.05, 0) is 46.2 Å². The summed E-state index contributed by atoms with van der Waals surface area (Å²) in [6, 6.07) is 6.86. The number of hydrogen-bond donors (Lipinski definition) is 1. The largest absolute Gasteiger partial charge is 0.480 e. The third-order valence-corrected chi connectivity index (χ3v) is 4.62. The van der Waals surface area contributed by atoms with Crippen molar-refractivity contribution in [2.45, 2.75) is 18.9 Å². The summed E-state index contributed by atoms with van der Waals surface area (Å²) in [5, 5.41) is 9.40. The van der Waals surface area contributed by atoms with Crippen LogP contribution in [0.5, 0.6) is 0 Å². The summed E-state index contributed by atoms with van der Waals surface area (Å²) in [5.41, 5.74) is 0.917. The number of carbonyl (C=O) groups excluding carboxylic acids is 1. The molecule has 0 bridgehead atoms. The first kappa shape index (κ1) is 15.6. The van der Waals surface area contributed by atoms with Crippen LogP contribution in [0.1, 0.15) is 12.0 Å². The average molecular weight is 408 g/mol. The molecule has 1 aromatic carbocycles. The number of nitrogens with zero attached hydrogens (tertiary/aromatic N) is 1. The van der Waals surface area contributed by atoms with E-state index >= 15 is 0 Å². The Labute approximate surface area is 136 Å². The molecule has 1 aromatic rings. The SMILES string of the molecule is O=C(O)[C@H](Cc1ccc(I)cc1)N1CC(CCl)CC1=O. The van der Waals surface area contributed by atoms with E-state index in [1.807, 2.05) is 24.3 Å². The number of halogens is 2. The summed E-state index contributed by atoms with van der Waals surface area (Å²) >= 11 is 7.97. The van der Waals surface area contributed by atoms with Gasteiger partial charge in [-0.25, -0.2) is 4.79 Å². The number of carboxylic acid groups (broad SMARTS) is 1. The first-order valence-corrected chi connectivity index (χ1v) is 7.95. The number of hydrogen-bond acceptors (Lipinski definition) is 2. The predicted octanol–water partition coefficient (Wildman–Crippen LogP) is 2.37. The maximum absolute atomic E-state index is 11.9. The molecule has 1 aliphatic heterocycles. The quantitative estimate of drug-likeness (QED) is 0.602. The number of benzene rings is 1. The first-order valence-electron chi connectivity index (χ1n) is 6.34. The van der Waals surface area contributed by atoms with Gasteiger partial charge in [-0.15, -0.1) is 11.6 Å². The number of rotatable bonds is 5. The summed E-state index contributed by atoms with van der Waals surface area (Å²) in [6.07, 6.45) is 0.674. The monoisotopic (exact) mass is 407 g/mol. The van der Waals surface area contributed by atoms with Gasteiger partial charge >= 0.3 is 5.97 Å². The lowest BCUT2D eigenvalue weighted by molar-refractivity contribution is -0.148. The molecule has 0 spiro atoms. The zero-order valence-corrected chi connectivity index (χ0v) is 13.7. The standard InChI is InChI=1S/C14H15ClINO3/c15-7-10-6-13(18)17(8-10)12(14(19)20)5-9-1-3-11(16)4-2-9/h1-4,10,12H,5-8H2,(H,19,20)/t10?,12-/m0/s1. The number of aliphatic carboxylic acids is 1. The zero-order valence-electron chi connectivity index (χ0n) is 10.8. The number of likely N-dealkylation sites (tertiary alicyclic amines) is 1. The summed E-state index contributed by atoms with van der Waals surface area (Å²) in [7, 11) is 0. The Morgan fingerprint density at radius 3 is 2.60 bits per heavy atom. The van der Waals surface area contributed by atoms with Gasteiger partial charge in [0.2, 0.25) is 5.91 Å². The highest BCUT2D eigenvalue weighted by Crippen LogP contribution is 2.23. The van der Waals surface area contributed by atoms with E-state index in [1.165, 1.54) is 4.90 Å². The molecule has 108 valence electrons. The number of carbonyl (C=O) groups is 2. The summed E-state index contributed by atoms with van der Waals surface area (Å²) < 4.78 is 1.10. The van der Waals surface area contributed by atoms with Gasteiger partial charge in [0.1, 0.15) is 6.04 Å². The van der Waals surface area contributed by atoms with Crippen LogP contribution < -0.4 is 0 Å². The molecule has 20 heavy (non-hydrogen) atoms. The fourth-order valence-electron chi connectivity index (χ4n) is 2.39. The van der Waals surface area contributed by atoms with Crippen molar-refractivity contribution >= 4 is 46.1 Å². The van der Waals surface area contributed by atoms with Crippen LogP contribution in [0.25, 0.3) is 0 Å². The third kappa shape index (κ3) is 3.63. The maximum atomic E-state index is 11.9. The smallest absolute Gasteiger partial charge is 0.326 e. The minimum absolute atomic E-state index is 0.0581. The van der Waals surface area contributed by atoms with Gasteiger partial charge in [-0.2, -0.15) is 0 Å². The molecule has 2 atom stereocenters. The van der Waals surface area contributed by atoms with E-state index in [9.17, 15) is 14.7 Å². The summed E-state index contributed by atoms with van der Waals surface area (Å²) in [4.78, 5) is 24.9. The van der Waals surface area contributed by atoms with Crippen molar-refractivity contribution in [2.75, 3.05) is 12.4 Å². The Hall–Kier alpha value is -0.820. The van der Waals surface area contributed by atoms with E-state index in [4.69, 9.17) is 11.6 Å². The second-order valence-corrected chi connectivity index (χ2v) is 6.51. The Balaban J connectivity index is 2.13. The normalized spacial score (nSPS) is 20.2. The van der Waals surface area contributed by atoms with Crippen LogP contribution in [-0.4, -0.2) is 40.3 Å². The minimum Gasteiger partial charge on any atom is -0.480 e. The van der Waals surface area contributed by atoms with Crippen LogP contribution in [-0.2, 0) is 16.0 Å². The Kier molecular flexibility index (Phi) is 5.26. The molecule has 1 aliphatic rings. The van der Waals surface area contributed by atoms with Crippen molar-refractivity contribution in [1.29, 1.82) is 0 Å². The zero-order chi connectivity index (χ0) is 14.7. The van der Waals surface area contributed by atoms with E-state index < -0.39 is 12.0 Å². The molecule has 1 N–H and O–H groups in total. The second-order valence-electron chi connectivity index (χ2n) is 4.96. The van der Waals surface area contributed by atoms with Gasteiger partial charge in [0.25, 0.3) is 0 Å². The van der Waals surface area contributed by atoms with E-state index in [0.717, 1.165) is 9.13 Å².